The molecule has 2 aliphatic heterocycles. The smallest absolute Gasteiger partial charge is 0.254 e. The van der Waals surface area contributed by atoms with E-state index >= 15 is 0 Å². The number of likely N-dealkylation sites (tertiary alicyclic amines) is 1. The van der Waals surface area contributed by atoms with E-state index < -0.39 is 0 Å². The molecule has 1 unspecified atom stereocenters. The van der Waals surface area contributed by atoms with E-state index in [-0.39, 0.29) is 31.1 Å². The van der Waals surface area contributed by atoms with Crippen LogP contribution in [0.5, 0.6) is 28.7 Å². The van der Waals surface area contributed by atoms with E-state index in [1.807, 2.05) is 30.1 Å². The van der Waals surface area contributed by atoms with Crippen molar-refractivity contribution in [2.24, 2.45) is 0 Å². The summed E-state index contributed by atoms with van der Waals surface area (Å²) in [6, 6.07) is 11.1. The van der Waals surface area contributed by atoms with Gasteiger partial charge in [-0.05, 0) is 56.1 Å². The number of rotatable bonds is 9. The van der Waals surface area contributed by atoms with Crippen LogP contribution in [0.25, 0.3) is 0 Å². The number of carbonyl (C=O) groups is 1. The Morgan fingerprint density at radius 1 is 1.09 bits per heavy atom. The molecular weight excluding hydrogens is 460 g/mol. The Balaban J connectivity index is 0.00000324. The van der Waals surface area contributed by atoms with Crippen LogP contribution in [0.2, 0.25) is 0 Å². The molecule has 186 valence electrons. The number of benzene rings is 2. The molecule has 2 aromatic carbocycles. The zero-order chi connectivity index (χ0) is 23.2. The number of carbonyl (C=O) groups excluding carboxylic acids is 1. The average Bonchev–Trinajstić information content (AvgIpc) is 3.33. The number of hydrogen-bond acceptors (Lipinski definition) is 7. The van der Waals surface area contributed by atoms with Gasteiger partial charge in [-0.3, -0.25) is 4.79 Å². The molecule has 1 saturated heterocycles. The van der Waals surface area contributed by atoms with Crippen molar-refractivity contribution in [2.45, 2.75) is 25.3 Å². The fourth-order valence-corrected chi connectivity index (χ4v) is 4.33. The zero-order valence-electron chi connectivity index (χ0n) is 20.0. The lowest BCUT2D eigenvalue weighted by molar-refractivity contribution is 0.0611. The highest BCUT2D eigenvalue weighted by atomic mass is 35.5. The molecule has 0 aliphatic carbocycles. The van der Waals surface area contributed by atoms with Crippen molar-refractivity contribution < 1.29 is 28.5 Å². The summed E-state index contributed by atoms with van der Waals surface area (Å²) < 4.78 is 27.2. The van der Waals surface area contributed by atoms with Crippen LogP contribution >= 0.6 is 12.4 Å². The molecule has 0 bridgehead atoms. The number of methoxy groups -OCH3 is 2. The summed E-state index contributed by atoms with van der Waals surface area (Å²) in [5.41, 5.74) is 0.601. The van der Waals surface area contributed by atoms with E-state index in [1.54, 1.807) is 32.4 Å². The van der Waals surface area contributed by atoms with Crippen LogP contribution in [0.15, 0.2) is 36.4 Å². The second-order valence-corrected chi connectivity index (χ2v) is 8.30. The predicted octanol–water partition coefficient (Wildman–Crippen LogP) is 3.86. The number of hydrogen-bond donors (Lipinski definition) is 0. The van der Waals surface area contributed by atoms with E-state index in [9.17, 15) is 4.79 Å². The monoisotopic (exact) mass is 492 g/mol. The SMILES string of the molecule is COc1ccc(C(=O)N(C)C2CCCN(CCCOc3ccc4c(c3)OCO4)C2)cc1OC.Cl. The van der Waals surface area contributed by atoms with Crippen molar-refractivity contribution >= 4 is 18.3 Å². The van der Waals surface area contributed by atoms with E-state index in [1.165, 1.54) is 0 Å². The number of fused-ring (bicyclic) bond motifs is 1. The second-order valence-electron chi connectivity index (χ2n) is 8.30. The zero-order valence-corrected chi connectivity index (χ0v) is 20.8. The molecule has 2 aliphatic rings. The second kappa shape index (κ2) is 12.0. The first kappa shape index (κ1) is 25.8. The Morgan fingerprint density at radius 2 is 1.88 bits per heavy atom. The third kappa shape index (κ3) is 5.98. The molecule has 34 heavy (non-hydrogen) atoms. The molecule has 1 fully saturated rings. The molecule has 0 aromatic heterocycles. The lowest BCUT2D eigenvalue weighted by Crippen LogP contribution is -2.48. The molecule has 9 heteroatoms. The van der Waals surface area contributed by atoms with Crippen LogP contribution < -0.4 is 23.7 Å². The molecule has 0 radical (unpaired) electrons. The van der Waals surface area contributed by atoms with E-state index in [0.29, 0.717) is 23.7 Å². The highest BCUT2D eigenvalue weighted by molar-refractivity contribution is 5.95. The maximum atomic E-state index is 13.1. The molecule has 2 aromatic rings. The summed E-state index contributed by atoms with van der Waals surface area (Å²) >= 11 is 0. The quantitative estimate of drug-likeness (QED) is 0.492. The summed E-state index contributed by atoms with van der Waals surface area (Å²) in [5.74, 6) is 3.44. The van der Waals surface area contributed by atoms with E-state index in [0.717, 1.165) is 56.1 Å². The van der Waals surface area contributed by atoms with Gasteiger partial charge in [0.1, 0.15) is 5.75 Å². The van der Waals surface area contributed by atoms with Gasteiger partial charge in [0.2, 0.25) is 6.79 Å². The van der Waals surface area contributed by atoms with Crippen molar-refractivity contribution in [2.75, 3.05) is 54.3 Å². The normalized spacial score (nSPS) is 17.0. The van der Waals surface area contributed by atoms with Gasteiger partial charge in [-0.2, -0.15) is 0 Å². The van der Waals surface area contributed by atoms with Gasteiger partial charge < -0.3 is 33.5 Å². The first-order chi connectivity index (χ1) is 16.1. The maximum absolute atomic E-state index is 13.1. The van der Waals surface area contributed by atoms with Crippen LogP contribution in [0.4, 0.5) is 0 Å². The lowest BCUT2D eigenvalue weighted by Gasteiger charge is -2.37. The largest absolute Gasteiger partial charge is 0.493 e. The third-order valence-corrected chi connectivity index (χ3v) is 6.21. The Bertz CT molecular complexity index is 972. The van der Waals surface area contributed by atoms with Gasteiger partial charge in [0, 0.05) is 37.8 Å². The average molecular weight is 493 g/mol. The molecule has 0 N–H and O–H groups in total. The van der Waals surface area contributed by atoms with E-state index in [4.69, 9.17) is 23.7 Å². The van der Waals surface area contributed by atoms with Crippen molar-refractivity contribution in [3.63, 3.8) is 0 Å². The minimum atomic E-state index is -0.00561. The molecule has 1 atom stereocenters. The first-order valence-electron chi connectivity index (χ1n) is 11.3. The number of nitrogens with zero attached hydrogens (tertiary/aromatic N) is 2. The van der Waals surface area contributed by atoms with Crippen LogP contribution in [0.3, 0.4) is 0 Å². The minimum absolute atomic E-state index is 0. The number of piperidine rings is 1. The molecule has 1 amide bonds. The summed E-state index contributed by atoms with van der Waals surface area (Å²) in [5, 5.41) is 0. The Kier molecular flexibility index (Phi) is 9.12. The third-order valence-electron chi connectivity index (χ3n) is 6.21. The predicted molar refractivity (Wildman–Crippen MR) is 131 cm³/mol. The van der Waals surface area contributed by atoms with Gasteiger partial charge in [-0.1, -0.05) is 0 Å². The van der Waals surface area contributed by atoms with Crippen molar-refractivity contribution in [3.05, 3.63) is 42.0 Å². The highest BCUT2D eigenvalue weighted by Gasteiger charge is 2.27. The fraction of sp³-hybridized carbons (Fsp3) is 0.480. The summed E-state index contributed by atoms with van der Waals surface area (Å²) in [7, 11) is 5.04. The number of ether oxygens (including phenoxy) is 5. The number of amides is 1. The molecule has 2 heterocycles. The van der Waals surface area contributed by atoms with Crippen molar-refractivity contribution in [1.29, 1.82) is 0 Å². The van der Waals surface area contributed by atoms with Gasteiger partial charge in [0.05, 0.1) is 20.8 Å². The summed E-state index contributed by atoms with van der Waals surface area (Å²) in [6.45, 7) is 3.72. The van der Waals surface area contributed by atoms with Crippen LogP contribution in [-0.4, -0.2) is 76.1 Å². The fourth-order valence-electron chi connectivity index (χ4n) is 4.33. The van der Waals surface area contributed by atoms with Crippen molar-refractivity contribution in [3.8, 4) is 28.7 Å². The molecule has 4 rings (SSSR count). The Hall–Kier alpha value is -2.84. The van der Waals surface area contributed by atoms with Gasteiger partial charge in [0.25, 0.3) is 5.91 Å². The Labute approximate surface area is 207 Å². The van der Waals surface area contributed by atoms with Gasteiger partial charge in [-0.25, -0.2) is 0 Å². The number of halogens is 1. The van der Waals surface area contributed by atoms with E-state index in [2.05, 4.69) is 4.90 Å². The molecule has 0 saturated carbocycles. The van der Waals surface area contributed by atoms with Crippen molar-refractivity contribution in [1.82, 2.24) is 9.80 Å². The first-order valence-corrected chi connectivity index (χ1v) is 11.3. The topological polar surface area (TPSA) is 69.7 Å². The standard InChI is InChI=1S/C25H32N2O6.ClH/c1-26(25(28)18-7-9-21(29-2)23(14-18)30-3)19-6-4-11-27(16-19)12-5-13-31-20-8-10-22-24(15-20)33-17-32-22;/h7-10,14-15,19H,4-6,11-13,16-17H2,1-3H3;1H. The van der Waals surface area contributed by atoms with Crippen LogP contribution in [-0.2, 0) is 0 Å². The van der Waals surface area contributed by atoms with Crippen LogP contribution in [0.1, 0.15) is 29.6 Å². The molecule has 8 nitrogen and oxygen atoms in total. The summed E-state index contributed by atoms with van der Waals surface area (Å²) in [4.78, 5) is 17.4. The lowest BCUT2D eigenvalue weighted by atomic mass is 10.0. The molecular formula is C25H33ClN2O6. The summed E-state index contributed by atoms with van der Waals surface area (Å²) in [6.07, 6.45) is 2.98. The maximum Gasteiger partial charge on any atom is 0.254 e. The number of likely N-dealkylation sites (N-methyl/N-ethyl adjacent to an activating group) is 1. The van der Waals surface area contributed by atoms with Crippen LogP contribution in [0, 0.1) is 0 Å². The minimum Gasteiger partial charge on any atom is -0.493 e. The van der Waals surface area contributed by atoms with Gasteiger partial charge in [0.15, 0.2) is 23.0 Å². The molecule has 0 spiro atoms. The highest BCUT2D eigenvalue weighted by Crippen LogP contribution is 2.35. The van der Waals surface area contributed by atoms with Gasteiger partial charge >= 0.3 is 0 Å². The van der Waals surface area contributed by atoms with Gasteiger partial charge in [-0.15, -0.1) is 12.4 Å². The Morgan fingerprint density at radius 3 is 2.68 bits per heavy atom.